The summed E-state index contributed by atoms with van der Waals surface area (Å²) in [5.74, 6) is 1.21. The van der Waals surface area contributed by atoms with Crippen LogP contribution in [-0.4, -0.2) is 16.4 Å². The van der Waals surface area contributed by atoms with Gasteiger partial charge in [0.15, 0.2) is 0 Å². The van der Waals surface area contributed by atoms with Gasteiger partial charge in [0, 0.05) is 10.2 Å². The molecular weight excluding hydrogens is 298 g/mol. The first kappa shape index (κ1) is 13.0. The molecule has 1 N–H and O–H groups in total. The van der Waals surface area contributed by atoms with E-state index in [2.05, 4.69) is 21.2 Å². The molecule has 1 atom stereocenters. The van der Waals surface area contributed by atoms with Crippen LogP contribution in [0.4, 0.5) is 5.69 Å². The molecule has 0 aromatic heterocycles. The second-order valence-electron chi connectivity index (χ2n) is 4.60. The molecule has 0 radical (unpaired) electrons. The molecule has 1 fully saturated rings. The standard InChI is InChI=1S/C13H16BrNOS/c1-9-4-5-10(8-11(9)14)15-12(16)13(2)6-3-7-17-13/h4-5,8H,3,6-7H2,1-2H3,(H,15,16). The lowest BCUT2D eigenvalue weighted by molar-refractivity contribution is -0.118. The minimum absolute atomic E-state index is 0.121. The number of anilines is 1. The van der Waals surface area contributed by atoms with Crippen LogP contribution in [0.2, 0.25) is 0 Å². The quantitative estimate of drug-likeness (QED) is 0.894. The molecule has 0 aliphatic carbocycles. The van der Waals surface area contributed by atoms with Crippen molar-refractivity contribution >= 4 is 39.3 Å². The second kappa shape index (κ2) is 5.02. The lowest BCUT2D eigenvalue weighted by atomic mass is 10.0. The number of halogens is 1. The molecule has 0 saturated carbocycles. The predicted octanol–water partition coefficient (Wildman–Crippen LogP) is 3.98. The maximum atomic E-state index is 12.2. The van der Waals surface area contributed by atoms with Crippen LogP contribution in [0.3, 0.4) is 0 Å². The number of nitrogens with one attached hydrogen (secondary N) is 1. The number of benzene rings is 1. The van der Waals surface area contributed by atoms with E-state index in [1.54, 1.807) is 11.8 Å². The number of aryl methyl sites for hydroxylation is 1. The van der Waals surface area contributed by atoms with Crippen LogP contribution in [0.5, 0.6) is 0 Å². The summed E-state index contributed by atoms with van der Waals surface area (Å²) in [5.41, 5.74) is 2.03. The fraction of sp³-hybridized carbons (Fsp3) is 0.462. The van der Waals surface area contributed by atoms with Gasteiger partial charge in [-0.05, 0) is 50.1 Å². The first-order valence-corrected chi connectivity index (χ1v) is 7.51. The molecule has 1 aliphatic rings. The Bertz CT molecular complexity index is 441. The third-order valence-corrected chi connectivity index (χ3v) is 5.50. The summed E-state index contributed by atoms with van der Waals surface area (Å²) in [7, 11) is 0. The van der Waals surface area contributed by atoms with Crippen molar-refractivity contribution in [2.24, 2.45) is 0 Å². The average Bonchev–Trinajstić information content (AvgIpc) is 2.72. The Hall–Kier alpha value is -0.480. The zero-order valence-electron chi connectivity index (χ0n) is 10.0. The number of rotatable bonds is 2. The summed E-state index contributed by atoms with van der Waals surface area (Å²) in [4.78, 5) is 12.2. The first-order chi connectivity index (χ1) is 8.01. The van der Waals surface area contributed by atoms with E-state index < -0.39 is 0 Å². The van der Waals surface area contributed by atoms with E-state index in [-0.39, 0.29) is 10.7 Å². The van der Waals surface area contributed by atoms with Gasteiger partial charge >= 0.3 is 0 Å². The zero-order valence-corrected chi connectivity index (χ0v) is 12.5. The van der Waals surface area contributed by atoms with Crippen molar-refractivity contribution in [2.45, 2.75) is 31.4 Å². The summed E-state index contributed by atoms with van der Waals surface area (Å²) in [6, 6.07) is 5.90. The Morgan fingerprint density at radius 3 is 2.88 bits per heavy atom. The third-order valence-electron chi connectivity index (χ3n) is 3.13. The van der Waals surface area contributed by atoms with Gasteiger partial charge in [-0.15, -0.1) is 11.8 Å². The maximum absolute atomic E-state index is 12.2. The summed E-state index contributed by atoms with van der Waals surface area (Å²) in [6.45, 7) is 4.06. The van der Waals surface area contributed by atoms with Crippen LogP contribution in [0, 0.1) is 6.92 Å². The number of amides is 1. The Morgan fingerprint density at radius 2 is 2.29 bits per heavy atom. The number of carbonyl (C=O) groups is 1. The Morgan fingerprint density at radius 1 is 1.53 bits per heavy atom. The van der Waals surface area contributed by atoms with E-state index in [1.807, 2.05) is 32.0 Å². The number of carbonyl (C=O) groups excluding carboxylic acids is 1. The van der Waals surface area contributed by atoms with Gasteiger partial charge < -0.3 is 5.32 Å². The largest absolute Gasteiger partial charge is 0.325 e. The lowest BCUT2D eigenvalue weighted by Crippen LogP contribution is -2.34. The third kappa shape index (κ3) is 2.86. The van der Waals surface area contributed by atoms with Crippen molar-refractivity contribution in [1.29, 1.82) is 0 Å². The molecule has 0 bridgehead atoms. The van der Waals surface area contributed by atoms with Crippen molar-refractivity contribution in [3.05, 3.63) is 28.2 Å². The summed E-state index contributed by atoms with van der Waals surface area (Å²) in [5, 5.41) is 3.00. The second-order valence-corrected chi connectivity index (χ2v) is 7.05. The fourth-order valence-electron chi connectivity index (χ4n) is 1.89. The van der Waals surface area contributed by atoms with Crippen molar-refractivity contribution in [3.63, 3.8) is 0 Å². The van der Waals surface area contributed by atoms with E-state index in [1.165, 1.54) is 5.56 Å². The molecule has 1 aliphatic heterocycles. The van der Waals surface area contributed by atoms with E-state index in [0.717, 1.165) is 28.8 Å². The molecule has 92 valence electrons. The normalized spacial score (nSPS) is 23.7. The molecule has 1 saturated heterocycles. The molecule has 1 aromatic rings. The molecular formula is C13H16BrNOS. The molecule has 0 spiro atoms. The van der Waals surface area contributed by atoms with Crippen LogP contribution in [0.25, 0.3) is 0 Å². The van der Waals surface area contributed by atoms with Crippen LogP contribution < -0.4 is 5.32 Å². The van der Waals surface area contributed by atoms with Crippen molar-refractivity contribution in [1.82, 2.24) is 0 Å². The molecule has 17 heavy (non-hydrogen) atoms. The van der Waals surface area contributed by atoms with Gasteiger partial charge in [0.2, 0.25) is 5.91 Å². The van der Waals surface area contributed by atoms with Gasteiger partial charge in [-0.3, -0.25) is 4.79 Å². The average molecular weight is 314 g/mol. The van der Waals surface area contributed by atoms with Crippen molar-refractivity contribution in [2.75, 3.05) is 11.1 Å². The topological polar surface area (TPSA) is 29.1 Å². The molecule has 1 unspecified atom stereocenters. The Balaban J connectivity index is 2.10. The number of hydrogen-bond donors (Lipinski definition) is 1. The minimum Gasteiger partial charge on any atom is -0.325 e. The first-order valence-electron chi connectivity index (χ1n) is 5.73. The summed E-state index contributed by atoms with van der Waals surface area (Å²) >= 11 is 5.23. The molecule has 1 aromatic carbocycles. The van der Waals surface area contributed by atoms with Crippen LogP contribution in [0.1, 0.15) is 25.3 Å². The molecule has 1 amide bonds. The highest BCUT2D eigenvalue weighted by atomic mass is 79.9. The predicted molar refractivity (Wildman–Crippen MR) is 77.6 cm³/mol. The van der Waals surface area contributed by atoms with E-state index in [0.29, 0.717) is 0 Å². The highest BCUT2D eigenvalue weighted by Crippen LogP contribution is 2.38. The summed E-state index contributed by atoms with van der Waals surface area (Å²) in [6.07, 6.45) is 2.10. The van der Waals surface area contributed by atoms with E-state index in [4.69, 9.17) is 0 Å². The van der Waals surface area contributed by atoms with Crippen LogP contribution in [0.15, 0.2) is 22.7 Å². The summed E-state index contributed by atoms with van der Waals surface area (Å²) < 4.78 is 0.775. The van der Waals surface area contributed by atoms with E-state index >= 15 is 0 Å². The smallest absolute Gasteiger partial charge is 0.240 e. The van der Waals surface area contributed by atoms with Crippen molar-refractivity contribution in [3.8, 4) is 0 Å². The maximum Gasteiger partial charge on any atom is 0.240 e. The van der Waals surface area contributed by atoms with Gasteiger partial charge in [-0.2, -0.15) is 0 Å². The highest BCUT2D eigenvalue weighted by Gasteiger charge is 2.37. The van der Waals surface area contributed by atoms with Crippen molar-refractivity contribution < 1.29 is 4.79 Å². The van der Waals surface area contributed by atoms with Gasteiger partial charge in [0.1, 0.15) is 0 Å². The van der Waals surface area contributed by atoms with Gasteiger partial charge in [-0.25, -0.2) is 0 Å². The number of thioether (sulfide) groups is 1. The lowest BCUT2D eigenvalue weighted by Gasteiger charge is -2.21. The van der Waals surface area contributed by atoms with Gasteiger partial charge in [0.05, 0.1) is 4.75 Å². The van der Waals surface area contributed by atoms with Gasteiger partial charge in [0.25, 0.3) is 0 Å². The van der Waals surface area contributed by atoms with Gasteiger partial charge in [-0.1, -0.05) is 22.0 Å². The minimum atomic E-state index is -0.253. The van der Waals surface area contributed by atoms with Crippen LogP contribution in [-0.2, 0) is 4.79 Å². The van der Waals surface area contributed by atoms with Crippen LogP contribution >= 0.6 is 27.7 Å². The van der Waals surface area contributed by atoms with E-state index in [9.17, 15) is 4.79 Å². The Labute approximate surface area is 115 Å². The highest BCUT2D eigenvalue weighted by molar-refractivity contribution is 9.10. The zero-order chi connectivity index (χ0) is 12.5. The molecule has 2 nitrogen and oxygen atoms in total. The Kier molecular flexibility index (Phi) is 3.83. The monoisotopic (exact) mass is 313 g/mol. The fourth-order valence-corrected chi connectivity index (χ4v) is 3.48. The molecule has 1 heterocycles. The molecule has 4 heteroatoms. The SMILES string of the molecule is Cc1ccc(NC(=O)C2(C)CCCS2)cc1Br. The molecule has 2 rings (SSSR count). The number of hydrogen-bond acceptors (Lipinski definition) is 2.